The molecule has 8 heteroatoms. The van der Waals surface area contributed by atoms with Gasteiger partial charge in [-0.25, -0.2) is 0 Å². The molecule has 0 aromatic heterocycles. The highest BCUT2D eigenvalue weighted by atomic mass is 19.4. The number of halogens is 3. The molecule has 36 heavy (non-hydrogen) atoms. The third-order valence-electron chi connectivity index (χ3n) is 7.72. The van der Waals surface area contributed by atoms with Gasteiger partial charge in [-0.1, -0.05) is 44.2 Å². The number of aliphatic hydroxyl groups is 1. The molecule has 198 valence electrons. The van der Waals surface area contributed by atoms with Crippen molar-refractivity contribution in [1.29, 1.82) is 0 Å². The minimum absolute atomic E-state index is 0.0889. The van der Waals surface area contributed by atoms with Gasteiger partial charge in [0.1, 0.15) is 12.5 Å². The largest absolute Gasteiger partial charge is 0.457 e. The molecule has 1 aromatic carbocycles. The van der Waals surface area contributed by atoms with E-state index in [1.165, 1.54) is 11.8 Å². The maximum atomic E-state index is 13.1. The Kier molecular flexibility index (Phi) is 8.59. The summed E-state index contributed by atoms with van der Waals surface area (Å²) in [4.78, 5) is 25.6. The molecule has 3 rings (SSSR count). The number of aryl methyl sites for hydroxylation is 1. The molecule has 2 aliphatic carbocycles. The van der Waals surface area contributed by atoms with Gasteiger partial charge in [0.2, 0.25) is 5.91 Å². The number of carbonyl (C=O) groups excluding carboxylic acids is 2. The van der Waals surface area contributed by atoms with E-state index >= 15 is 0 Å². The van der Waals surface area contributed by atoms with E-state index in [0.717, 1.165) is 23.1 Å². The molecule has 6 atom stereocenters. The van der Waals surface area contributed by atoms with Crippen LogP contribution in [0, 0.1) is 37.0 Å². The number of alkyl halides is 3. The van der Waals surface area contributed by atoms with E-state index < -0.39 is 36.2 Å². The van der Waals surface area contributed by atoms with E-state index in [2.05, 4.69) is 6.42 Å². The molecule has 2 aliphatic rings. The standard InChI is InChI=1S/C28H36F3NO4/c1-17-8-6-7-9-22(17)16-32(26(34)14-28(29,30)31)15-19(3)23-11-10-20(4)27(35)13-25(36-21(5)33)18(2)12-24(23)27/h6-9,12,19-20,23-25,35H,10-11,14-16H2,1-5H3/t19-,20-,23+,24-,25-,27-/m1/s1. The van der Waals surface area contributed by atoms with Gasteiger partial charge in [0, 0.05) is 25.9 Å². The fraction of sp³-hybridized carbons (Fsp3) is 0.607. The van der Waals surface area contributed by atoms with Gasteiger partial charge >= 0.3 is 12.1 Å². The van der Waals surface area contributed by atoms with Crippen LogP contribution in [0.3, 0.4) is 0 Å². The molecule has 5 nitrogen and oxygen atoms in total. The first-order valence-corrected chi connectivity index (χ1v) is 12.5. The van der Waals surface area contributed by atoms with Crippen LogP contribution >= 0.6 is 0 Å². The first-order valence-electron chi connectivity index (χ1n) is 12.5. The Bertz CT molecular complexity index is 991. The maximum Gasteiger partial charge on any atom is 0.397 e. The van der Waals surface area contributed by atoms with E-state index in [9.17, 15) is 27.9 Å². The van der Waals surface area contributed by atoms with Crippen LogP contribution in [0.4, 0.5) is 13.2 Å². The van der Waals surface area contributed by atoms with Crippen molar-refractivity contribution in [2.75, 3.05) is 6.54 Å². The predicted octanol–water partition coefficient (Wildman–Crippen LogP) is 5.28. The molecule has 1 N–H and O–H groups in total. The van der Waals surface area contributed by atoms with Crippen LogP contribution in [0.15, 0.2) is 35.9 Å². The lowest BCUT2D eigenvalue weighted by atomic mass is 9.57. The number of benzene rings is 1. The topological polar surface area (TPSA) is 66.8 Å². The Hall–Kier alpha value is -2.35. The van der Waals surface area contributed by atoms with Crippen molar-refractivity contribution in [3.05, 3.63) is 53.5 Å². The normalized spacial score (nSPS) is 29.1. The van der Waals surface area contributed by atoms with Crippen molar-refractivity contribution in [3.8, 4) is 0 Å². The summed E-state index contributed by atoms with van der Waals surface area (Å²) in [5.74, 6) is -2.19. The summed E-state index contributed by atoms with van der Waals surface area (Å²) in [7, 11) is 0. The highest BCUT2D eigenvalue weighted by molar-refractivity contribution is 5.77. The van der Waals surface area contributed by atoms with Gasteiger partial charge in [-0.15, -0.1) is 0 Å². The van der Waals surface area contributed by atoms with Crippen LogP contribution in [0.5, 0.6) is 0 Å². The van der Waals surface area contributed by atoms with Crippen LogP contribution in [0.2, 0.25) is 0 Å². The van der Waals surface area contributed by atoms with E-state index in [0.29, 0.717) is 6.42 Å². The highest BCUT2D eigenvalue weighted by Gasteiger charge is 2.53. The first kappa shape index (κ1) is 28.2. The number of amides is 1. The average molecular weight is 508 g/mol. The molecule has 1 aromatic rings. The fourth-order valence-electron chi connectivity index (χ4n) is 5.62. The second-order valence-corrected chi connectivity index (χ2v) is 10.5. The molecule has 0 spiro atoms. The van der Waals surface area contributed by atoms with Crippen molar-refractivity contribution in [1.82, 2.24) is 4.90 Å². The van der Waals surface area contributed by atoms with Crippen LogP contribution in [0.25, 0.3) is 0 Å². The molecule has 2 radical (unpaired) electrons. The van der Waals surface area contributed by atoms with E-state index in [4.69, 9.17) is 4.74 Å². The predicted molar refractivity (Wildman–Crippen MR) is 129 cm³/mol. The summed E-state index contributed by atoms with van der Waals surface area (Å²) in [6.07, 6.45) is -0.371. The van der Waals surface area contributed by atoms with Gasteiger partial charge in [-0.05, 0) is 61.1 Å². The summed E-state index contributed by atoms with van der Waals surface area (Å²) >= 11 is 0. The van der Waals surface area contributed by atoms with Crippen LogP contribution in [-0.4, -0.2) is 46.3 Å². The Morgan fingerprint density at radius 1 is 1.25 bits per heavy atom. The summed E-state index contributed by atoms with van der Waals surface area (Å²) < 4.78 is 44.7. The summed E-state index contributed by atoms with van der Waals surface area (Å²) in [5, 5.41) is 11.7. The Labute approximate surface area is 211 Å². The van der Waals surface area contributed by atoms with Gasteiger partial charge < -0.3 is 14.7 Å². The monoisotopic (exact) mass is 507 g/mol. The smallest absolute Gasteiger partial charge is 0.397 e. The SMILES string of the molecule is CC(=O)O[C@@H]1[C][C@@]2(O)[C@H](C)CC[C@@H]([C@H](C)CN(Cc3ccccc3C)C(=O)CC(F)(F)F)[C@H]2C=C1C. The highest BCUT2D eigenvalue weighted by Crippen LogP contribution is 2.51. The molecule has 0 heterocycles. The molecule has 0 bridgehead atoms. The Morgan fingerprint density at radius 3 is 2.53 bits per heavy atom. The van der Waals surface area contributed by atoms with Crippen LogP contribution in [-0.2, 0) is 20.9 Å². The molecule has 0 saturated heterocycles. The number of fused-ring (bicyclic) bond motifs is 1. The average Bonchev–Trinajstić information content (AvgIpc) is 2.75. The second kappa shape index (κ2) is 11.0. The minimum atomic E-state index is -4.59. The van der Waals surface area contributed by atoms with Crippen molar-refractivity contribution in [3.63, 3.8) is 0 Å². The van der Waals surface area contributed by atoms with Crippen molar-refractivity contribution in [2.24, 2.45) is 23.7 Å². The first-order chi connectivity index (χ1) is 16.7. The molecule has 1 saturated carbocycles. The second-order valence-electron chi connectivity index (χ2n) is 10.5. The molecule has 0 aliphatic heterocycles. The van der Waals surface area contributed by atoms with Crippen molar-refractivity contribution >= 4 is 11.9 Å². The molecule has 1 fully saturated rings. The molecular formula is C28H36F3NO4. The lowest BCUT2D eigenvalue weighted by Crippen LogP contribution is -2.56. The summed E-state index contributed by atoms with van der Waals surface area (Å²) in [6, 6.07) is 7.35. The zero-order valence-corrected chi connectivity index (χ0v) is 21.6. The number of carbonyl (C=O) groups is 2. The van der Waals surface area contributed by atoms with Crippen LogP contribution < -0.4 is 0 Å². The number of ether oxygens (including phenoxy) is 1. The van der Waals surface area contributed by atoms with E-state index in [1.807, 2.05) is 58.0 Å². The zero-order valence-electron chi connectivity index (χ0n) is 21.6. The minimum Gasteiger partial charge on any atom is -0.457 e. The number of hydrogen-bond acceptors (Lipinski definition) is 4. The molecule has 1 amide bonds. The summed E-state index contributed by atoms with van der Waals surface area (Å²) in [5.41, 5.74) is 1.12. The number of nitrogens with zero attached hydrogens (tertiary/aromatic N) is 1. The van der Waals surface area contributed by atoms with Crippen molar-refractivity contribution in [2.45, 2.75) is 78.3 Å². The zero-order chi connectivity index (χ0) is 26.8. The van der Waals surface area contributed by atoms with E-state index in [1.54, 1.807) is 0 Å². The molecule has 0 unspecified atom stereocenters. The Morgan fingerprint density at radius 2 is 1.92 bits per heavy atom. The van der Waals surface area contributed by atoms with E-state index in [-0.39, 0.29) is 36.8 Å². The van der Waals surface area contributed by atoms with Gasteiger partial charge in [0.25, 0.3) is 0 Å². The van der Waals surface area contributed by atoms with Crippen molar-refractivity contribution < 1.29 is 32.6 Å². The lowest BCUT2D eigenvalue weighted by Gasteiger charge is -2.52. The molecular weight excluding hydrogens is 471 g/mol. The Balaban J connectivity index is 1.86. The third kappa shape index (κ3) is 6.50. The number of rotatable bonds is 7. The quantitative estimate of drug-likeness (QED) is 0.403. The number of esters is 1. The van der Waals surface area contributed by atoms with Crippen LogP contribution in [0.1, 0.15) is 58.1 Å². The maximum absolute atomic E-state index is 13.1. The lowest BCUT2D eigenvalue weighted by molar-refractivity contribution is -0.162. The summed E-state index contributed by atoms with van der Waals surface area (Å²) in [6.45, 7) is 9.07. The van der Waals surface area contributed by atoms with Gasteiger partial charge in [-0.3, -0.25) is 9.59 Å². The van der Waals surface area contributed by atoms with Gasteiger partial charge in [0.15, 0.2) is 0 Å². The number of hydrogen-bond donors (Lipinski definition) is 1. The van der Waals surface area contributed by atoms with Gasteiger partial charge in [0.05, 0.1) is 12.0 Å². The third-order valence-corrected chi connectivity index (χ3v) is 7.72. The van der Waals surface area contributed by atoms with Gasteiger partial charge in [-0.2, -0.15) is 13.2 Å². The fourth-order valence-corrected chi connectivity index (χ4v) is 5.62.